The molecule has 8 heteroatoms. The third-order valence-corrected chi connectivity index (χ3v) is 3.91. The third-order valence-electron chi connectivity index (χ3n) is 3.66. The van der Waals surface area contributed by atoms with Crippen LogP contribution in [-0.2, 0) is 9.53 Å². The number of benzene rings is 1. The molecular formula is C18H20ClN3O4. The number of rotatable bonds is 6. The Balaban J connectivity index is 2.22. The van der Waals surface area contributed by atoms with E-state index >= 15 is 0 Å². The molecule has 0 radical (unpaired) electrons. The van der Waals surface area contributed by atoms with Gasteiger partial charge in [0.1, 0.15) is 17.4 Å². The first-order chi connectivity index (χ1) is 12.3. The molecule has 0 saturated carbocycles. The van der Waals surface area contributed by atoms with Crippen molar-refractivity contribution in [2.24, 2.45) is 5.92 Å². The minimum atomic E-state index is -0.831. The Labute approximate surface area is 155 Å². The Morgan fingerprint density at radius 2 is 1.92 bits per heavy atom. The average Bonchev–Trinajstić information content (AvgIpc) is 2.60. The van der Waals surface area contributed by atoms with Crippen molar-refractivity contribution >= 4 is 23.5 Å². The quantitative estimate of drug-likeness (QED) is 0.753. The maximum atomic E-state index is 12.4. The Hall–Kier alpha value is -2.67. The van der Waals surface area contributed by atoms with E-state index in [0.29, 0.717) is 22.8 Å². The predicted octanol–water partition coefficient (Wildman–Crippen LogP) is 2.41. The lowest BCUT2D eigenvalue weighted by Crippen LogP contribution is -2.44. The molecule has 7 nitrogen and oxygen atoms in total. The van der Waals surface area contributed by atoms with Gasteiger partial charge in [0, 0.05) is 16.8 Å². The maximum absolute atomic E-state index is 12.4. The van der Waals surface area contributed by atoms with Crippen molar-refractivity contribution in [2.75, 3.05) is 7.11 Å². The fourth-order valence-electron chi connectivity index (χ4n) is 2.37. The van der Waals surface area contributed by atoms with Crippen LogP contribution in [0.25, 0.3) is 11.4 Å². The van der Waals surface area contributed by atoms with Gasteiger partial charge in [-0.15, -0.1) is 0 Å². The highest BCUT2D eigenvalue weighted by molar-refractivity contribution is 6.30. The van der Waals surface area contributed by atoms with Gasteiger partial charge in [-0.2, -0.15) is 0 Å². The molecule has 0 saturated heterocycles. The van der Waals surface area contributed by atoms with E-state index in [4.69, 9.17) is 16.3 Å². The molecule has 1 aromatic heterocycles. The smallest absolute Gasteiger partial charge is 0.328 e. The van der Waals surface area contributed by atoms with E-state index in [1.54, 1.807) is 24.3 Å². The maximum Gasteiger partial charge on any atom is 0.328 e. The minimum absolute atomic E-state index is 0.156. The van der Waals surface area contributed by atoms with Crippen molar-refractivity contribution in [2.45, 2.75) is 26.3 Å². The Kier molecular flexibility index (Phi) is 6.52. The normalized spacial score (nSPS) is 11.9. The van der Waals surface area contributed by atoms with Gasteiger partial charge in [0.05, 0.1) is 7.11 Å². The molecule has 0 aliphatic heterocycles. The zero-order chi connectivity index (χ0) is 19.3. The number of hydrogen-bond acceptors (Lipinski definition) is 5. The zero-order valence-corrected chi connectivity index (χ0v) is 15.5. The van der Waals surface area contributed by atoms with Crippen LogP contribution in [0.2, 0.25) is 5.02 Å². The van der Waals surface area contributed by atoms with Crippen LogP contribution in [0.1, 0.15) is 30.6 Å². The van der Waals surface area contributed by atoms with E-state index < -0.39 is 23.5 Å². The molecule has 2 aromatic rings. The van der Waals surface area contributed by atoms with Crippen LogP contribution < -0.4 is 10.9 Å². The van der Waals surface area contributed by atoms with E-state index in [1.165, 1.54) is 13.3 Å². The lowest BCUT2D eigenvalue weighted by molar-refractivity contribution is -0.143. The summed E-state index contributed by atoms with van der Waals surface area (Å²) in [6.07, 6.45) is 1.58. The van der Waals surface area contributed by atoms with Crippen LogP contribution >= 0.6 is 11.6 Å². The third kappa shape index (κ3) is 4.92. The second-order valence-corrected chi connectivity index (χ2v) is 6.60. The van der Waals surface area contributed by atoms with Crippen LogP contribution in [0.4, 0.5) is 0 Å². The monoisotopic (exact) mass is 377 g/mol. The Morgan fingerprint density at radius 1 is 1.27 bits per heavy atom. The van der Waals surface area contributed by atoms with E-state index in [2.05, 4.69) is 15.3 Å². The van der Waals surface area contributed by atoms with E-state index in [1.807, 2.05) is 13.8 Å². The second-order valence-electron chi connectivity index (χ2n) is 6.16. The fourth-order valence-corrected chi connectivity index (χ4v) is 2.50. The fraction of sp³-hybridized carbons (Fsp3) is 0.333. The summed E-state index contributed by atoms with van der Waals surface area (Å²) in [6, 6.07) is 5.92. The molecule has 26 heavy (non-hydrogen) atoms. The number of ether oxygens (including phenoxy) is 1. The summed E-state index contributed by atoms with van der Waals surface area (Å²) in [4.78, 5) is 43.1. The number of nitrogens with zero attached hydrogens (tertiary/aromatic N) is 1. The van der Waals surface area contributed by atoms with E-state index in [0.717, 1.165) is 0 Å². The van der Waals surface area contributed by atoms with Gasteiger partial charge in [-0.3, -0.25) is 9.59 Å². The summed E-state index contributed by atoms with van der Waals surface area (Å²) in [7, 11) is 1.25. The first-order valence-electron chi connectivity index (χ1n) is 8.05. The first-order valence-corrected chi connectivity index (χ1v) is 8.43. The summed E-state index contributed by atoms with van der Waals surface area (Å²) >= 11 is 5.84. The largest absolute Gasteiger partial charge is 0.467 e. The lowest BCUT2D eigenvalue weighted by atomic mass is 10.0. The molecule has 2 rings (SSSR count). The number of hydrogen-bond donors (Lipinski definition) is 2. The number of aromatic amines is 1. The Bertz CT molecular complexity index is 846. The summed E-state index contributed by atoms with van der Waals surface area (Å²) in [5.41, 5.74) is -0.123. The highest BCUT2D eigenvalue weighted by Crippen LogP contribution is 2.17. The summed E-state index contributed by atoms with van der Waals surface area (Å²) in [5.74, 6) is -0.773. The highest BCUT2D eigenvalue weighted by atomic mass is 35.5. The van der Waals surface area contributed by atoms with Crippen LogP contribution in [0.3, 0.4) is 0 Å². The van der Waals surface area contributed by atoms with Crippen LogP contribution in [0.5, 0.6) is 0 Å². The molecule has 0 aliphatic carbocycles. The molecule has 1 atom stereocenters. The molecule has 1 amide bonds. The van der Waals surface area contributed by atoms with Crippen LogP contribution in [0, 0.1) is 5.92 Å². The number of aromatic nitrogens is 2. The molecule has 0 bridgehead atoms. The van der Waals surface area contributed by atoms with Crippen molar-refractivity contribution in [3.05, 3.63) is 51.4 Å². The summed E-state index contributed by atoms with van der Waals surface area (Å²) < 4.78 is 4.70. The van der Waals surface area contributed by atoms with Gasteiger partial charge < -0.3 is 15.0 Å². The van der Waals surface area contributed by atoms with Crippen molar-refractivity contribution < 1.29 is 14.3 Å². The van der Waals surface area contributed by atoms with Gasteiger partial charge in [0.15, 0.2) is 0 Å². The SMILES string of the molecule is COC(=O)C(CC(C)C)NC(=O)c1cnc(-c2ccc(Cl)cc2)[nH]c1=O. The van der Waals surface area contributed by atoms with Crippen molar-refractivity contribution in [1.82, 2.24) is 15.3 Å². The number of H-pyrrole nitrogens is 1. The molecule has 1 aromatic carbocycles. The van der Waals surface area contributed by atoms with Crippen LogP contribution in [0.15, 0.2) is 35.3 Å². The number of amides is 1. The van der Waals surface area contributed by atoms with Crippen molar-refractivity contribution in [1.29, 1.82) is 0 Å². The minimum Gasteiger partial charge on any atom is -0.467 e. The van der Waals surface area contributed by atoms with Crippen molar-refractivity contribution in [3.63, 3.8) is 0 Å². The highest BCUT2D eigenvalue weighted by Gasteiger charge is 2.24. The van der Waals surface area contributed by atoms with Gasteiger partial charge in [0.2, 0.25) is 0 Å². The van der Waals surface area contributed by atoms with E-state index in [-0.39, 0.29) is 11.5 Å². The van der Waals surface area contributed by atoms with E-state index in [9.17, 15) is 14.4 Å². The standard InChI is InChI=1S/C18H20ClN3O4/c1-10(2)8-14(18(25)26-3)21-16(23)13-9-20-15(22-17(13)24)11-4-6-12(19)7-5-11/h4-7,9-10,14H,8H2,1-3H3,(H,21,23)(H,20,22,24). The molecule has 0 aliphatic rings. The zero-order valence-electron chi connectivity index (χ0n) is 14.7. The molecule has 2 N–H and O–H groups in total. The average molecular weight is 378 g/mol. The number of carbonyl (C=O) groups excluding carboxylic acids is 2. The summed E-state index contributed by atoms with van der Waals surface area (Å²) in [6.45, 7) is 3.83. The molecular weight excluding hydrogens is 358 g/mol. The lowest BCUT2D eigenvalue weighted by Gasteiger charge is -2.18. The Morgan fingerprint density at radius 3 is 2.46 bits per heavy atom. The first kappa shape index (κ1) is 19.7. The predicted molar refractivity (Wildman–Crippen MR) is 98.0 cm³/mol. The van der Waals surface area contributed by atoms with Gasteiger partial charge in [-0.1, -0.05) is 25.4 Å². The second kappa shape index (κ2) is 8.62. The van der Waals surface area contributed by atoms with Crippen molar-refractivity contribution in [3.8, 4) is 11.4 Å². The summed E-state index contributed by atoms with van der Waals surface area (Å²) in [5, 5.41) is 3.09. The number of methoxy groups -OCH3 is 1. The van der Waals surface area contributed by atoms with Gasteiger partial charge in [0.25, 0.3) is 11.5 Å². The molecule has 0 fully saturated rings. The molecule has 138 valence electrons. The van der Waals surface area contributed by atoms with Gasteiger partial charge in [-0.25, -0.2) is 9.78 Å². The molecule has 1 unspecified atom stereocenters. The number of esters is 1. The van der Waals surface area contributed by atoms with Gasteiger partial charge >= 0.3 is 5.97 Å². The molecule has 0 spiro atoms. The van der Waals surface area contributed by atoms with Gasteiger partial charge in [-0.05, 0) is 36.6 Å². The number of halogens is 1. The number of carbonyl (C=O) groups is 2. The molecule has 1 heterocycles. The number of nitrogens with one attached hydrogen (secondary N) is 2. The topological polar surface area (TPSA) is 101 Å². The van der Waals surface area contributed by atoms with Crippen LogP contribution in [-0.4, -0.2) is 35.0 Å².